The van der Waals surface area contributed by atoms with Crippen molar-refractivity contribution < 1.29 is 19.1 Å². The molecule has 0 unspecified atom stereocenters. The summed E-state index contributed by atoms with van der Waals surface area (Å²) in [7, 11) is 0. The highest BCUT2D eigenvalue weighted by atomic mass is 16.5. The molecule has 0 heterocycles. The van der Waals surface area contributed by atoms with Crippen molar-refractivity contribution in [2.75, 3.05) is 0 Å². The van der Waals surface area contributed by atoms with Crippen molar-refractivity contribution in [2.45, 2.75) is 13.8 Å². The Labute approximate surface area is 277 Å². The summed E-state index contributed by atoms with van der Waals surface area (Å²) in [4.78, 5) is 27.0. The molecule has 8 aromatic carbocycles. The lowest BCUT2D eigenvalue weighted by molar-refractivity contribution is 0.0730. The lowest BCUT2D eigenvalue weighted by Crippen LogP contribution is -2.10. The summed E-state index contributed by atoms with van der Waals surface area (Å²) in [6, 6.07) is 46.6. The summed E-state index contributed by atoms with van der Waals surface area (Å²) in [5.41, 5.74) is 5.15. The molecular weight excluding hydrogens is 592 g/mol. The molecule has 8 rings (SSSR count). The molecule has 4 heteroatoms. The minimum atomic E-state index is -0.410. The van der Waals surface area contributed by atoms with Crippen LogP contribution in [0.5, 0.6) is 11.5 Å². The van der Waals surface area contributed by atoms with Gasteiger partial charge >= 0.3 is 11.9 Å². The Kier molecular flexibility index (Phi) is 7.19. The van der Waals surface area contributed by atoms with Crippen molar-refractivity contribution in [1.29, 1.82) is 0 Å². The van der Waals surface area contributed by atoms with Crippen LogP contribution >= 0.6 is 0 Å². The van der Waals surface area contributed by atoms with E-state index in [0.29, 0.717) is 22.6 Å². The number of esters is 2. The van der Waals surface area contributed by atoms with Gasteiger partial charge in [-0.25, -0.2) is 9.59 Å². The van der Waals surface area contributed by atoms with Crippen molar-refractivity contribution in [3.05, 3.63) is 168 Å². The minimum Gasteiger partial charge on any atom is -0.422 e. The van der Waals surface area contributed by atoms with Crippen LogP contribution in [0, 0.1) is 13.8 Å². The van der Waals surface area contributed by atoms with Gasteiger partial charge in [-0.1, -0.05) is 121 Å². The van der Waals surface area contributed by atoms with E-state index in [-0.39, 0.29) is 0 Å². The number of hydrogen-bond donors (Lipinski definition) is 0. The summed E-state index contributed by atoms with van der Waals surface area (Å²) < 4.78 is 12.6. The van der Waals surface area contributed by atoms with Gasteiger partial charge in [0.05, 0.1) is 11.1 Å². The van der Waals surface area contributed by atoms with Gasteiger partial charge in [-0.15, -0.1) is 0 Å². The molecule has 0 amide bonds. The first-order valence-corrected chi connectivity index (χ1v) is 15.9. The number of rotatable bonds is 5. The number of benzene rings is 8. The fourth-order valence-electron chi connectivity index (χ4n) is 6.93. The summed E-state index contributed by atoms with van der Waals surface area (Å²) in [6.07, 6.45) is 0. The molecule has 48 heavy (non-hydrogen) atoms. The molecule has 0 aliphatic carbocycles. The molecule has 0 spiro atoms. The molecule has 0 aromatic heterocycles. The monoisotopic (exact) mass is 622 g/mol. The molecule has 0 aliphatic rings. The second-order valence-electron chi connectivity index (χ2n) is 12.0. The zero-order chi connectivity index (χ0) is 32.8. The predicted octanol–water partition coefficient (Wildman–Crippen LogP) is 11.0. The third-order valence-corrected chi connectivity index (χ3v) is 9.08. The van der Waals surface area contributed by atoms with E-state index in [9.17, 15) is 9.59 Å². The molecule has 8 aromatic rings. The fourth-order valence-corrected chi connectivity index (χ4v) is 6.93. The number of ether oxygens (including phenoxy) is 2. The van der Waals surface area contributed by atoms with E-state index in [1.165, 1.54) is 0 Å². The lowest BCUT2D eigenvalue weighted by atomic mass is 9.83. The average molecular weight is 623 g/mol. The van der Waals surface area contributed by atoms with Crippen LogP contribution in [-0.4, -0.2) is 11.9 Å². The lowest BCUT2D eigenvalue weighted by Gasteiger charge is -2.23. The molecule has 0 fully saturated rings. The zero-order valence-electron chi connectivity index (χ0n) is 26.5. The Balaban J connectivity index is 1.48. The maximum Gasteiger partial charge on any atom is 0.343 e. The van der Waals surface area contributed by atoms with Gasteiger partial charge in [-0.3, -0.25) is 0 Å². The highest BCUT2D eigenvalue weighted by Crippen LogP contribution is 2.51. The van der Waals surface area contributed by atoms with E-state index in [1.54, 1.807) is 24.3 Å². The van der Waals surface area contributed by atoms with Gasteiger partial charge < -0.3 is 9.47 Å². The van der Waals surface area contributed by atoms with Crippen LogP contribution < -0.4 is 9.47 Å². The fraction of sp³-hybridized carbons (Fsp3) is 0.0455. The first-order chi connectivity index (χ1) is 23.5. The minimum absolute atomic E-state index is 0.410. The first kappa shape index (κ1) is 29.2. The summed E-state index contributed by atoms with van der Waals surface area (Å²) >= 11 is 0. The SMILES string of the molecule is Cc1cccc2c(OC(=O)c3ccccc3)c3ccccc3c(-c3c4ccccc4c(OC(=O)c4ccccc4)c4cccc(C)c34)c12. The second kappa shape index (κ2) is 11.8. The number of carbonyl (C=O) groups excluding carboxylic acids is 2. The van der Waals surface area contributed by atoms with Crippen molar-refractivity contribution >= 4 is 55.0 Å². The Morgan fingerprint density at radius 2 is 0.708 bits per heavy atom. The molecule has 0 bridgehead atoms. The second-order valence-corrected chi connectivity index (χ2v) is 12.0. The predicted molar refractivity (Wildman–Crippen MR) is 194 cm³/mol. The molecule has 0 saturated carbocycles. The maximum absolute atomic E-state index is 13.5. The van der Waals surface area contributed by atoms with Gasteiger partial charge in [0.25, 0.3) is 0 Å². The van der Waals surface area contributed by atoms with Crippen LogP contribution in [0.1, 0.15) is 31.8 Å². The quantitative estimate of drug-likeness (QED) is 0.109. The van der Waals surface area contributed by atoms with Gasteiger partial charge in [0.2, 0.25) is 0 Å². The zero-order valence-corrected chi connectivity index (χ0v) is 26.5. The first-order valence-electron chi connectivity index (χ1n) is 15.9. The van der Waals surface area contributed by atoms with E-state index < -0.39 is 11.9 Å². The van der Waals surface area contributed by atoms with E-state index >= 15 is 0 Å². The van der Waals surface area contributed by atoms with Crippen molar-refractivity contribution in [2.24, 2.45) is 0 Å². The maximum atomic E-state index is 13.5. The Morgan fingerprint density at radius 1 is 0.375 bits per heavy atom. The van der Waals surface area contributed by atoms with E-state index in [0.717, 1.165) is 65.3 Å². The van der Waals surface area contributed by atoms with Gasteiger partial charge in [0, 0.05) is 21.5 Å². The molecule has 0 N–H and O–H groups in total. The molecule has 4 nitrogen and oxygen atoms in total. The highest BCUT2D eigenvalue weighted by Gasteiger charge is 2.25. The molecule has 0 aliphatic heterocycles. The molecule has 0 radical (unpaired) electrons. The van der Waals surface area contributed by atoms with Crippen LogP contribution in [0.3, 0.4) is 0 Å². The van der Waals surface area contributed by atoms with Gasteiger partial charge in [-0.2, -0.15) is 0 Å². The average Bonchev–Trinajstić information content (AvgIpc) is 3.13. The molecule has 0 saturated heterocycles. The number of hydrogen-bond acceptors (Lipinski definition) is 4. The van der Waals surface area contributed by atoms with Crippen LogP contribution in [0.4, 0.5) is 0 Å². The topological polar surface area (TPSA) is 52.6 Å². The number of fused-ring (bicyclic) bond motifs is 4. The van der Waals surface area contributed by atoms with Crippen molar-refractivity contribution in [3.8, 4) is 22.6 Å². The van der Waals surface area contributed by atoms with E-state index in [1.807, 2.05) is 97.1 Å². The summed E-state index contributed by atoms with van der Waals surface area (Å²) in [5.74, 6) is 0.238. The van der Waals surface area contributed by atoms with Crippen LogP contribution in [0.15, 0.2) is 146 Å². The van der Waals surface area contributed by atoms with Gasteiger partial charge in [0.1, 0.15) is 11.5 Å². The van der Waals surface area contributed by atoms with E-state index in [2.05, 4.69) is 38.1 Å². The van der Waals surface area contributed by atoms with E-state index in [4.69, 9.17) is 9.47 Å². The summed E-state index contributed by atoms with van der Waals surface area (Å²) in [5, 5.41) is 7.27. The van der Waals surface area contributed by atoms with Gasteiger partial charge in [-0.05, 0) is 81.9 Å². The van der Waals surface area contributed by atoms with Gasteiger partial charge in [0.15, 0.2) is 0 Å². The molecular formula is C44H30O4. The smallest absolute Gasteiger partial charge is 0.343 e. The summed E-state index contributed by atoms with van der Waals surface area (Å²) in [6.45, 7) is 4.19. The van der Waals surface area contributed by atoms with Crippen molar-refractivity contribution in [3.63, 3.8) is 0 Å². The third-order valence-electron chi connectivity index (χ3n) is 9.08. The largest absolute Gasteiger partial charge is 0.422 e. The van der Waals surface area contributed by atoms with Crippen molar-refractivity contribution in [1.82, 2.24) is 0 Å². The Morgan fingerprint density at radius 3 is 1.10 bits per heavy atom. The number of carbonyl (C=O) groups is 2. The van der Waals surface area contributed by atoms with Crippen LogP contribution in [0.2, 0.25) is 0 Å². The Hall–Kier alpha value is -6.26. The van der Waals surface area contributed by atoms with Crippen LogP contribution in [-0.2, 0) is 0 Å². The number of aryl methyl sites for hydroxylation is 2. The van der Waals surface area contributed by atoms with Crippen LogP contribution in [0.25, 0.3) is 54.2 Å². The molecule has 0 atom stereocenters. The highest BCUT2D eigenvalue weighted by molar-refractivity contribution is 6.28. The molecule has 230 valence electrons. The standard InChI is InChI=1S/C44H30O4/c1-27-15-13-25-35-37(27)39(31-21-9-11-23-33(31)41(35)47-43(45)29-17-5-3-6-18-29)40-32-22-10-12-24-34(32)42(36-26-14-16-28(2)38(36)40)48-44(46)30-19-7-4-8-20-30/h3-26H,1-2H3. The third kappa shape index (κ3) is 4.78. The Bertz CT molecular complexity index is 2370. The normalized spacial score (nSPS) is 11.3.